The highest BCUT2D eigenvalue weighted by Crippen LogP contribution is 2.40. The number of rotatable bonds is 9. The van der Waals surface area contributed by atoms with Gasteiger partial charge in [-0.2, -0.15) is 0 Å². The summed E-state index contributed by atoms with van der Waals surface area (Å²) in [6, 6.07) is 10.9. The van der Waals surface area contributed by atoms with Gasteiger partial charge in [0.15, 0.2) is 17.5 Å². The van der Waals surface area contributed by atoms with E-state index in [9.17, 15) is 13.2 Å². The van der Waals surface area contributed by atoms with Crippen LogP contribution in [0.25, 0.3) is 11.1 Å². The molecule has 176 valence electrons. The van der Waals surface area contributed by atoms with Crippen LogP contribution >= 0.6 is 0 Å². The lowest BCUT2D eigenvalue weighted by molar-refractivity contribution is 0.226. The molecule has 3 rings (SSSR count). The van der Waals surface area contributed by atoms with E-state index in [0.29, 0.717) is 41.2 Å². The molecule has 2 aromatic carbocycles. The van der Waals surface area contributed by atoms with Crippen LogP contribution in [-0.2, 0) is 4.74 Å². The number of ether oxygens (including phenoxy) is 1. The third kappa shape index (κ3) is 6.40. The van der Waals surface area contributed by atoms with Gasteiger partial charge < -0.3 is 4.74 Å². The summed E-state index contributed by atoms with van der Waals surface area (Å²) in [7, 11) is 0. The van der Waals surface area contributed by atoms with Crippen LogP contribution in [0.3, 0.4) is 0 Å². The molecule has 4 heteroatoms. The van der Waals surface area contributed by atoms with Crippen LogP contribution in [0.2, 0.25) is 0 Å². The first kappa shape index (κ1) is 24.9. The van der Waals surface area contributed by atoms with Crippen molar-refractivity contribution in [2.24, 2.45) is 5.92 Å². The van der Waals surface area contributed by atoms with E-state index in [4.69, 9.17) is 4.74 Å². The van der Waals surface area contributed by atoms with Crippen LogP contribution in [-0.4, -0.2) is 6.61 Å². The Bertz CT molecular complexity index is 1010. The summed E-state index contributed by atoms with van der Waals surface area (Å²) in [6.07, 6.45) is 6.51. The van der Waals surface area contributed by atoms with Gasteiger partial charge in [-0.25, -0.2) is 13.2 Å². The molecule has 0 unspecified atom stereocenters. The summed E-state index contributed by atoms with van der Waals surface area (Å²) in [5.41, 5.74) is 3.24. The fourth-order valence-corrected chi connectivity index (χ4v) is 4.56. The second kappa shape index (κ2) is 11.4. The van der Waals surface area contributed by atoms with Gasteiger partial charge in [-0.15, -0.1) is 0 Å². The Morgan fingerprint density at radius 1 is 1.00 bits per heavy atom. The van der Waals surface area contributed by atoms with E-state index in [0.717, 1.165) is 37.7 Å². The standard InChI is InChI=1S/C29H33F3O/c1-5-33-21(4)27(30)18-20(3)6-9-22-10-14-24(15-11-22)26-17-16-25(28(31)29(26)32)23-12-7-19(2)8-13-23/h7-8,12-13,16-18,22,24H,3-6,9-11,14-15H2,1-2H3/b27-18+. The number of aryl methyl sites for hydroxylation is 1. The molecule has 0 amide bonds. The number of benzene rings is 2. The SMILES string of the molecule is C=C(/C=C(/F)C(=C)OCC)CCC1CCC(c2ccc(-c3ccc(C)cc3)c(F)c2F)CC1. The monoisotopic (exact) mass is 454 g/mol. The van der Waals surface area contributed by atoms with Crippen molar-refractivity contribution in [2.45, 2.75) is 58.3 Å². The predicted molar refractivity (Wildman–Crippen MR) is 130 cm³/mol. The first-order valence-corrected chi connectivity index (χ1v) is 11.7. The zero-order valence-corrected chi connectivity index (χ0v) is 19.6. The zero-order chi connectivity index (χ0) is 24.0. The van der Waals surface area contributed by atoms with E-state index >= 15 is 0 Å². The highest BCUT2D eigenvalue weighted by atomic mass is 19.2. The molecule has 0 bridgehead atoms. The average molecular weight is 455 g/mol. The number of halogens is 3. The van der Waals surface area contributed by atoms with Crippen molar-refractivity contribution in [1.82, 2.24) is 0 Å². The van der Waals surface area contributed by atoms with Crippen molar-refractivity contribution < 1.29 is 17.9 Å². The zero-order valence-electron chi connectivity index (χ0n) is 19.6. The highest BCUT2D eigenvalue weighted by molar-refractivity contribution is 5.65. The van der Waals surface area contributed by atoms with Gasteiger partial charge in [0.25, 0.3) is 0 Å². The lowest BCUT2D eigenvalue weighted by Crippen LogP contribution is -2.15. The maximum atomic E-state index is 15.0. The van der Waals surface area contributed by atoms with E-state index in [1.54, 1.807) is 19.1 Å². The van der Waals surface area contributed by atoms with Crippen LogP contribution in [0.4, 0.5) is 13.2 Å². The molecule has 0 atom stereocenters. The Hall–Kier alpha value is -2.75. The molecule has 0 radical (unpaired) electrons. The van der Waals surface area contributed by atoms with Crippen LogP contribution in [0.5, 0.6) is 0 Å². The Kier molecular flexibility index (Phi) is 8.60. The quantitative estimate of drug-likeness (QED) is 0.271. The van der Waals surface area contributed by atoms with Crippen molar-refractivity contribution >= 4 is 0 Å². The fourth-order valence-electron chi connectivity index (χ4n) is 4.56. The largest absolute Gasteiger partial charge is 0.491 e. The molecular weight excluding hydrogens is 421 g/mol. The van der Waals surface area contributed by atoms with E-state index in [-0.39, 0.29) is 11.7 Å². The average Bonchev–Trinajstić information content (AvgIpc) is 2.81. The first-order chi connectivity index (χ1) is 15.8. The summed E-state index contributed by atoms with van der Waals surface area (Å²) in [4.78, 5) is 0. The summed E-state index contributed by atoms with van der Waals surface area (Å²) >= 11 is 0. The molecule has 1 aliphatic carbocycles. The van der Waals surface area contributed by atoms with Gasteiger partial charge >= 0.3 is 0 Å². The van der Waals surface area contributed by atoms with Gasteiger partial charge in [0.1, 0.15) is 5.76 Å². The molecule has 0 N–H and O–H groups in total. The third-order valence-corrected chi connectivity index (χ3v) is 6.55. The Balaban J connectivity index is 1.56. The van der Waals surface area contributed by atoms with Gasteiger partial charge in [-0.3, -0.25) is 0 Å². The molecule has 0 aromatic heterocycles. The van der Waals surface area contributed by atoms with E-state index in [2.05, 4.69) is 13.2 Å². The summed E-state index contributed by atoms with van der Waals surface area (Å²) in [5, 5.41) is 0. The molecule has 33 heavy (non-hydrogen) atoms. The van der Waals surface area contributed by atoms with Gasteiger partial charge in [0, 0.05) is 5.56 Å². The second-order valence-corrected chi connectivity index (χ2v) is 8.96. The highest BCUT2D eigenvalue weighted by Gasteiger charge is 2.26. The van der Waals surface area contributed by atoms with Crippen molar-refractivity contribution in [3.05, 3.63) is 95.6 Å². The minimum absolute atomic E-state index is 0.0258. The van der Waals surface area contributed by atoms with Crippen LogP contribution in [0, 0.1) is 24.5 Å². The summed E-state index contributed by atoms with van der Waals surface area (Å²) in [6.45, 7) is 11.6. The maximum Gasteiger partial charge on any atom is 0.166 e. The molecule has 0 spiro atoms. The molecular formula is C29H33F3O. The predicted octanol–water partition coefficient (Wildman–Crippen LogP) is 8.95. The van der Waals surface area contributed by atoms with Gasteiger partial charge in [-0.05, 0) is 81.4 Å². The Morgan fingerprint density at radius 3 is 2.30 bits per heavy atom. The van der Waals surface area contributed by atoms with Gasteiger partial charge in [0.2, 0.25) is 0 Å². The Morgan fingerprint density at radius 2 is 1.67 bits per heavy atom. The van der Waals surface area contributed by atoms with E-state index in [1.165, 1.54) is 6.08 Å². The molecule has 1 fully saturated rings. The molecule has 1 nitrogen and oxygen atoms in total. The molecule has 1 aliphatic rings. The first-order valence-electron chi connectivity index (χ1n) is 11.7. The van der Waals surface area contributed by atoms with Crippen LogP contribution < -0.4 is 0 Å². The number of hydrogen-bond acceptors (Lipinski definition) is 1. The van der Waals surface area contributed by atoms with Gasteiger partial charge in [-0.1, -0.05) is 60.7 Å². The van der Waals surface area contributed by atoms with Crippen LogP contribution in [0.1, 0.15) is 62.5 Å². The smallest absolute Gasteiger partial charge is 0.166 e. The number of allylic oxidation sites excluding steroid dienone is 3. The summed E-state index contributed by atoms with van der Waals surface area (Å²) < 4.78 is 48.9. The lowest BCUT2D eigenvalue weighted by atomic mass is 9.76. The molecule has 0 saturated heterocycles. The Labute approximate surface area is 195 Å². The fraction of sp³-hybridized carbons (Fsp3) is 0.379. The molecule has 0 aliphatic heterocycles. The van der Waals surface area contributed by atoms with Crippen molar-refractivity contribution in [3.8, 4) is 11.1 Å². The van der Waals surface area contributed by atoms with Crippen molar-refractivity contribution in [2.75, 3.05) is 6.61 Å². The molecule has 2 aromatic rings. The summed E-state index contributed by atoms with van der Waals surface area (Å²) in [5.74, 6) is -1.45. The molecule has 1 saturated carbocycles. The lowest BCUT2D eigenvalue weighted by Gasteiger charge is -2.29. The normalized spacial score (nSPS) is 18.8. The number of hydrogen-bond donors (Lipinski definition) is 0. The van der Waals surface area contributed by atoms with Crippen molar-refractivity contribution in [1.29, 1.82) is 0 Å². The molecule has 0 heterocycles. The van der Waals surface area contributed by atoms with Crippen molar-refractivity contribution in [3.63, 3.8) is 0 Å². The van der Waals surface area contributed by atoms with Crippen LogP contribution in [0.15, 0.2) is 72.8 Å². The second-order valence-electron chi connectivity index (χ2n) is 8.96. The minimum Gasteiger partial charge on any atom is -0.491 e. The topological polar surface area (TPSA) is 9.23 Å². The third-order valence-electron chi connectivity index (χ3n) is 6.55. The van der Waals surface area contributed by atoms with E-state index < -0.39 is 17.5 Å². The van der Waals surface area contributed by atoms with Gasteiger partial charge in [0.05, 0.1) is 6.61 Å². The maximum absolute atomic E-state index is 15.0. The van der Waals surface area contributed by atoms with E-state index in [1.807, 2.05) is 31.2 Å². The minimum atomic E-state index is -0.766.